The zero-order valence-electron chi connectivity index (χ0n) is 17.1. The summed E-state index contributed by atoms with van der Waals surface area (Å²) in [5.41, 5.74) is 1.36. The summed E-state index contributed by atoms with van der Waals surface area (Å²) in [6.45, 7) is 3.80. The number of amides is 2. The Kier molecular flexibility index (Phi) is 5.98. The fourth-order valence-corrected chi connectivity index (χ4v) is 3.95. The van der Waals surface area contributed by atoms with Gasteiger partial charge in [-0.15, -0.1) is 0 Å². The summed E-state index contributed by atoms with van der Waals surface area (Å²) in [6.07, 6.45) is 1.50. The third-order valence-electron chi connectivity index (χ3n) is 5.56. The highest BCUT2D eigenvalue weighted by Gasteiger charge is 2.25. The predicted octanol–water partition coefficient (Wildman–Crippen LogP) is 4.27. The van der Waals surface area contributed by atoms with Crippen LogP contribution in [-0.2, 0) is 0 Å². The first-order valence-corrected chi connectivity index (χ1v) is 10.5. The first kappa shape index (κ1) is 20.0. The van der Waals surface area contributed by atoms with Gasteiger partial charge in [0.15, 0.2) is 0 Å². The van der Waals surface area contributed by atoms with Crippen molar-refractivity contribution in [2.75, 3.05) is 19.7 Å². The third-order valence-corrected chi connectivity index (χ3v) is 5.56. The quantitative estimate of drug-likeness (QED) is 0.693. The van der Waals surface area contributed by atoms with E-state index in [4.69, 9.17) is 4.74 Å². The molecule has 1 aliphatic heterocycles. The van der Waals surface area contributed by atoms with Crippen molar-refractivity contribution in [3.63, 3.8) is 0 Å². The molecule has 1 N–H and O–H groups in total. The lowest BCUT2D eigenvalue weighted by atomic mass is 10.0. The average molecular weight is 402 g/mol. The lowest BCUT2D eigenvalue weighted by Gasteiger charge is -2.32. The highest BCUT2D eigenvalue weighted by molar-refractivity contribution is 6.07. The number of piperidine rings is 1. The van der Waals surface area contributed by atoms with E-state index in [1.165, 1.54) is 0 Å². The van der Waals surface area contributed by atoms with Gasteiger partial charge in [-0.1, -0.05) is 36.4 Å². The summed E-state index contributed by atoms with van der Waals surface area (Å²) >= 11 is 0. The minimum absolute atomic E-state index is 0.0584. The Morgan fingerprint density at radius 1 is 0.967 bits per heavy atom. The van der Waals surface area contributed by atoms with Crippen LogP contribution in [0.1, 0.15) is 40.5 Å². The Bertz CT molecular complexity index is 1030. The van der Waals surface area contributed by atoms with Gasteiger partial charge in [0.05, 0.1) is 6.61 Å². The average Bonchev–Trinajstić information content (AvgIpc) is 2.79. The molecule has 3 aromatic rings. The number of ether oxygens (including phenoxy) is 1. The van der Waals surface area contributed by atoms with E-state index in [9.17, 15) is 9.59 Å². The van der Waals surface area contributed by atoms with Crippen LogP contribution in [0.5, 0.6) is 5.75 Å². The predicted molar refractivity (Wildman–Crippen MR) is 118 cm³/mol. The monoisotopic (exact) mass is 402 g/mol. The van der Waals surface area contributed by atoms with Crippen molar-refractivity contribution >= 4 is 22.6 Å². The van der Waals surface area contributed by atoms with E-state index < -0.39 is 0 Å². The van der Waals surface area contributed by atoms with E-state index in [2.05, 4.69) is 5.32 Å². The van der Waals surface area contributed by atoms with Gasteiger partial charge in [-0.3, -0.25) is 9.59 Å². The van der Waals surface area contributed by atoms with Gasteiger partial charge in [-0.05, 0) is 60.9 Å². The molecule has 0 aromatic heterocycles. The molecule has 0 spiro atoms. The van der Waals surface area contributed by atoms with Gasteiger partial charge in [-0.25, -0.2) is 0 Å². The molecular formula is C25H26N2O3. The zero-order valence-corrected chi connectivity index (χ0v) is 17.1. The zero-order chi connectivity index (χ0) is 20.9. The molecule has 30 heavy (non-hydrogen) atoms. The van der Waals surface area contributed by atoms with Crippen molar-refractivity contribution in [2.24, 2.45) is 0 Å². The number of carbonyl (C=O) groups excluding carboxylic acids is 2. The molecule has 0 saturated carbocycles. The number of fused-ring (bicyclic) bond motifs is 1. The van der Waals surface area contributed by atoms with Crippen LogP contribution in [0.3, 0.4) is 0 Å². The molecule has 2 amide bonds. The molecular weight excluding hydrogens is 376 g/mol. The molecule has 3 aromatic carbocycles. The molecule has 0 unspecified atom stereocenters. The molecule has 1 fully saturated rings. The fraction of sp³-hybridized carbons (Fsp3) is 0.280. The number of likely N-dealkylation sites (tertiary alicyclic amines) is 1. The summed E-state index contributed by atoms with van der Waals surface area (Å²) in [5.74, 6) is 0.731. The van der Waals surface area contributed by atoms with Gasteiger partial charge in [0.25, 0.3) is 11.8 Å². The van der Waals surface area contributed by atoms with Crippen LogP contribution < -0.4 is 10.1 Å². The number of hydrogen-bond acceptors (Lipinski definition) is 3. The fourth-order valence-electron chi connectivity index (χ4n) is 3.95. The van der Waals surface area contributed by atoms with Crippen LogP contribution in [0.25, 0.3) is 10.8 Å². The molecule has 1 aliphatic rings. The molecule has 4 rings (SSSR count). The first-order valence-electron chi connectivity index (χ1n) is 10.5. The lowest BCUT2D eigenvalue weighted by molar-refractivity contribution is 0.0700. The smallest absolute Gasteiger partial charge is 0.254 e. The normalized spacial score (nSPS) is 14.5. The van der Waals surface area contributed by atoms with Crippen molar-refractivity contribution in [3.05, 3.63) is 77.9 Å². The first-order chi connectivity index (χ1) is 14.7. The number of benzene rings is 3. The van der Waals surface area contributed by atoms with Gasteiger partial charge < -0.3 is 15.0 Å². The van der Waals surface area contributed by atoms with Crippen molar-refractivity contribution in [3.8, 4) is 5.75 Å². The van der Waals surface area contributed by atoms with E-state index in [1.807, 2.05) is 66.4 Å². The summed E-state index contributed by atoms with van der Waals surface area (Å²) in [4.78, 5) is 27.5. The maximum atomic E-state index is 13.1. The summed E-state index contributed by atoms with van der Waals surface area (Å²) in [7, 11) is 0. The van der Waals surface area contributed by atoms with Crippen LogP contribution in [0.15, 0.2) is 66.7 Å². The van der Waals surface area contributed by atoms with Crippen LogP contribution in [0.4, 0.5) is 0 Å². The van der Waals surface area contributed by atoms with Gasteiger partial charge >= 0.3 is 0 Å². The molecule has 0 aliphatic carbocycles. The SMILES string of the molecule is CCOc1ccc(C(=O)NC2CCN(C(=O)c3cccc4ccccc34)CC2)cc1. The number of rotatable bonds is 5. The van der Waals surface area contributed by atoms with Crippen molar-refractivity contribution in [2.45, 2.75) is 25.8 Å². The largest absolute Gasteiger partial charge is 0.494 e. The summed E-state index contributed by atoms with van der Waals surface area (Å²) in [6, 6.07) is 21.0. The van der Waals surface area contributed by atoms with Crippen molar-refractivity contribution < 1.29 is 14.3 Å². The van der Waals surface area contributed by atoms with E-state index >= 15 is 0 Å². The molecule has 0 radical (unpaired) electrons. The molecule has 1 saturated heterocycles. The maximum Gasteiger partial charge on any atom is 0.254 e. The topological polar surface area (TPSA) is 58.6 Å². The lowest BCUT2D eigenvalue weighted by Crippen LogP contribution is -2.46. The second-order valence-corrected chi connectivity index (χ2v) is 7.52. The second-order valence-electron chi connectivity index (χ2n) is 7.52. The van der Waals surface area contributed by atoms with Gasteiger partial charge in [0, 0.05) is 30.3 Å². The molecule has 5 nitrogen and oxygen atoms in total. The van der Waals surface area contributed by atoms with Gasteiger partial charge in [0.1, 0.15) is 5.75 Å². The number of carbonyl (C=O) groups is 2. The van der Waals surface area contributed by atoms with Crippen LogP contribution in [-0.4, -0.2) is 42.5 Å². The van der Waals surface area contributed by atoms with Crippen LogP contribution in [0, 0.1) is 0 Å². The number of nitrogens with zero attached hydrogens (tertiary/aromatic N) is 1. The van der Waals surface area contributed by atoms with E-state index in [1.54, 1.807) is 12.1 Å². The van der Waals surface area contributed by atoms with E-state index in [0.717, 1.165) is 34.9 Å². The Morgan fingerprint density at radius 3 is 2.40 bits per heavy atom. The Labute approximate surface area is 176 Å². The van der Waals surface area contributed by atoms with Crippen LogP contribution in [0.2, 0.25) is 0 Å². The van der Waals surface area contributed by atoms with Crippen molar-refractivity contribution in [1.29, 1.82) is 0 Å². The number of hydrogen-bond donors (Lipinski definition) is 1. The molecule has 0 atom stereocenters. The highest BCUT2D eigenvalue weighted by Crippen LogP contribution is 2.22. The molecule has 5 heteroatoms. The molecule has 1 heterocycles. The minimum Gasteiger partial charge on any atom is -0.494 e. The second kappa shape index (κ2) is 8.99. The maximum absolute atomic E-state index is 13.1. The van der Waals surface area contributed by atoms with E-state index in [-0.39, 0.29) is 17.9 Å². The Morgan fingerprint density at radius 2 is 1.67 bits per heavy atom. The van der Waals surface area contributed by atoms with Gasteiger partial charge in [0.2, 0.25) is 0 Å². The van der Waals surface area contributed by atoms with Crippen molar-refractivity contribution in [1.82, 2.24) is 10.2 Å². The standard InChI is InChI=1S/C25H26N2O3/c1-2-30-21-12-10-19(11-13-21)24(28)26-20-14-16-27(17-15-20)25(29)23-9-5-7-18-6-3-4-8-22(18)23/h3-13,20H,2,14-17H2,1H3,(H,26,28). The molecule has 154 valence electrons. The minimum atomic E-state index is -0.0862. The van der Waals surface area contributed by atoms with Crippen LogP contribution >= 0.6 is 0 Å². The summed E-state index contributed by atoms with van der Waals surface area (Å²) in [5, 5.41) is 5.15. The Balaban J connectivity index is 1.35. The summed E-state index contributed by atoms with van der Waals surface area (Å²) < 4.78 is 5.42. The molecule has 0 bridgehead atoms. The highest BCUT2D eigenvalue weighted by atomic mass is 16.5. The van der Waals surface area contributed by atoms with Gasteiger partial charge in [-0.2, -0.15) is 0 Å². The van der Waals surface area contributed by atoms with E-state index in [0.29, 0.717) is 25.3 Å². The Hall–Kier alpha value is -3.34. The number of nitrogens with one attached hydrogen (secondary N) is 1. The third kappa shape index (κ3) is 4.30.